The predicted molar refractivity (Wildman–Crippen MR) is 126 cm³/mol. The van der Waals surface area contributed by atoms with Crippen molar-refractivity contribution in [3.05, 3.63) is 76.1 Å². The Morgan fingerprint density at radius 3 is 2.28 bits per heavy atom. The van der Waals surface area contributed by atoms with Crippen molar-refractivity contribution >= 4 is 5.57 Å². The van der Waals surface area contributed by atoms with E-state index in [2.05, 4.69) is 19.1 Å². The van der Waals surface area contributed by atoms with Crippen LogP contribution in [0, 0.1) is 29.3 Å². The van der Waals surface area contributed by atoms with Crippen LogP contribution in [0.2, 0.25) is 0 Å². The molecule has 0 N–H and O–H groups in total. The molecule has 2 aromatic carbocycles. The number of aryl methyl sites for hydroxylation is 2. The Morgan fingerprint density at radius 1 is 0.875 bits per heavy atom. The first-order valence-electron chi connectivity index (χ1n) is 12.4. The quantitative estimate of drug-likeness (QED) is 0.421. The van der Waals surface area contributed by atoms with Gasteiger partial charge in [-0.2, -0.15) is 0 Å². The lowest BCUT2D eigenvalue weighted by Crippen LogP contribution is -2.15. The SMILES string of the molecule is CCc1ccc(C2CCC(CCc3ccc(C4=CCC(C)CC4)c(F)c3F)CC2)cc1F. The van der Waals surface area contributed by atoms with E-state index >= 15 is 0 Å². The van der Waals surface area contributed by atoms with Gasteiger partial charge in [0.2, 0.25) is 0 Å². The lowest BCUT2D eigenvalue weighted by atomic mass is 9.76. The van der Waals surface area contributed by atoms with E-state index in [0.717, 1.165) is 68.1 Å². The molecule has 0 spiro atoms. The van der Waals surface area contributed by atoms with Crippen LogP contribution in [0.15, 0.2) is 36.4 Å². The van der Waals surface area contributed by atoms with E-state index < -0.39 is 11.6 Å². The Balaban J connectivity index is 1.33. The highest BCUT2D eigenvalue weighted by atomic mass is 19.2. The van der Waals surface area contributed by atoms with E-state index in [0.29, 0.717) is 41.7 Å². The number of rotatable bonds is 6. The normalized spacial score (nSPS) is 23.8. The summed E-state index contributed by atoms with van der Waals surface area (Å²) in [4.78, 5) is 0. The van der Waals surface area contributed by atoms with Gasteiger partial charge in [0, 0.05) is 5.56 Å². The Bertz CT molecular complexity index is 967. The van der Waals surface area contributed by atoms with Gasteiger partial charge in [-0.15, -0.1) is 0 Å². The summed E-state index contributed by atoms with van der Waals surface area (Å²) in [7, 11) is 0. The predicted octanol–water partition coefficient (Wildman–Crippen LogP) is 8.78. The summed E-state index contributed by atoms with van der Waals surface area (Å²) >= 11 is 0. The second kappa shape index (κ2) is 10.3. The van der Waals surface area contributed by atoms with E-state index in [1.807, 2.05) is 13.0 Å². The van der Waals surface area contributed by atoms with Crippen LogP contribution in [0.3, 0.4) is 0 Å². The molecule has 32 heavy (non-hydrogen) atoms. The second-order valence-electron chi connectivity index (χ2n) is 9.97. The summed E-state index contributed by atoms with van der Waals surface area (Å²) in [5, 5.41) is 0. The van der Waals surface area contributed by atoms with Crippen molar-refractivity contribution in [1.82, 2.24) is 0 Å². The number of hydrogen-bond donors (Lipinski definition) is 0. The van der Waals surface area contributed by atoms with Gasteiger partial charge in [-0.05, 0) is 110 Å². The summed E-state index contributed by atoms with van der Waals surface area (Å²) in [6.07, 6.45) is 11.3. The van der Waals surface area contributed by atoms with Crippen molar-refractivity contribution < 1.29 is 13.2 Å². The van der Waals surface area contributed by atoms with Gasteiger partial charge in [-0.1, -0.05) is 44.2 Å². The maximum atomic E-state index is 14.8. The highest BCUT2D eigenvalue weighted by Crippen LogP contribution is 2.38. The van der Waals surface area contributed by atoms with E-state index in [1.165, 1.54) is 0 Å². The minimum Gasteiger partial charge on any atom is -0.207 e. The number of hydrogen-bond acceptors (Lipinski definition) is 0. The summed E-state index contributed by atoms with van der Waals surface area (Å²) in [5.74, 6) is 0.122. The van der Waals surface area contributed by atoms with E-state index in [9.17, 15) is 13.2 Å². The molecule has 0 heterocycles. The van der Waals surface area contributed by atoms with Crippen LogP contribution < -0.4 is 0 Å². The van der Waals surface area contributed by atoms with Crippen molar-refractivity contribution in [3.63, 3.8) is 0 Å². The van der Waals surface area contributed by atoms with Crippen LogP contribution in [-0.2, 0) is 12.8 Å². The Kier molecular flexibility index (Phi) is 7.43. The molecule has 0 nitrogen and oxygen atoms in total. The van der Waals surface area contributed by atoms with Crippen molar-refractivity contribution in [2.45, 2.75) is 84.0 Å². The van der Waals surface area contributed by atoms with E-state index in [1.54, 1.807) is 18.2 Å². The zero-order valence-corrected chi connectivity index (χ0v) is 19.4. The molecule has 2 aliphatic rings. The lowest BCUT2D eigenvalue weighted by molar-refractivity contribution is 0.308. The minimum atomic E-state index is -0.676. The topological polar surface area (TPSA) is 0 Å². The van der Waals surface area contributed by atoms with Gasteiger partial charge in [0.05, 0.1) is 0 Å². The average Bonchev–Trinajstić information content (AvgIpc) is 2.81. The van der Waals surface area contributed by atoms with Gasteiger partial charge in [0.25, 0.3) is 0 Å². The van der Waals surface area contributed by atoms with Crippen LogP contribution in [0.1, 0.15) is 93.4 Å². The molecule has 0 aromatic heterocycles. The summed E-state index contributed by atoms with van der Waals surface area (Å²) in [5.41, 5.74) is 3.77. The molecule has 2 aromatic rings. The summed E-state index contributed by atoms with van der Waals surface area (Å²) in [6, 6.07) is 9.28. The van der Waals surface area contributed by atoms with Crippen molar-refractivity contribution in [2.24, 2.45) is 11.8 Å². The van der Waals surface area contributed by atoms with Crippen LogP contribution >= 0.6 is 0 Å². The highest BCUT2D eigenvalue weighted by Gasteiger charge is 2.24. The van der Waals surface area contributed by atoms with Crippen LogP contribution in [0.4, 0.5) is 13.2 Å². The first-order chi connectivity index (χ1) is 15.5. The molecule has 0 aliphatic heterocycles. The number of halogens is 3. The fourth-order valence-electron chi connectivity index (χ4n) is 5.49. The molecule has 0 amide bonds. The molecule has 3 heteroatoms. The van der Waals surface area contributed by atoms with Crippen molar-refractivity contribution in [2.75, 3.05) is 0 Å². The van der Waals surface area contributed by atoms with Crippen LogP contribution in [-0.4, -0.2) is 0 Å². The lowest BCUT2D eigenvalue weighted by Gasteiger charge is -2.29. The van der Waals surface area contributed by atoms with Crippen molar-refractivity contribution in [3.8, 4) is 0 Å². The maximum Gasteiger partial charge on any atom is 0.166 e. The van der Waals surface area contributed by atoms with Crippen LogP contribution in [0.5, 0.6) is 0 Å². The minimum absolute atomic E-state index is 0.0911. The van der Waals surface area contributed by atoms with Gasteiger partial charge in [0.1, 0.15) is 5.82 Å². The molecule has 0 radical (unpaired) electrons. The molecule has 0 bridgehead atoms. The molecule has 4 rings (SSSR count). The Labute approximate surface area is 190 Å². The molecule has 1 saturated carbocycles. The van der Waals surface area contributed by atoms with Gasteiger partial charge in [-0.25, -0.2) is 13.2 Å². The van der Waals surface area contributed by atoms with Gasteiger partial charge < -0.3 is 0 Å². The Morgan fingerprint density at radius 2 is 1.62 bits per heavy atom. The molecular weight excluding hydrogens is 405 g/mol. The first-order valence-corrected chi connectivity index (χ1v) is 12.4. The average molecular weight is 441 g/mol. The zero-order chi connectivity index (χ0) is 22.7. The third kappa shape index (κ3) is 5.13. The second-order valence-corrected chi connectivity index (χ2v) is 9.97. The highest BCUT2D eigenvalue weighted by molar-refractivity contribution is 5.67. The van der Waals surface area contributed by atoms with Crippen molar-refractivity contribution in [1.29, 1.82) is 0 Å². The van der Waals surface area contributed by atoms with E-state index in [-0.39, 0.29) is 5.82 Å². The molecular formula is C29H35F3. The summed E-state index contributed by atoms with van der Waals surface area (Å²) in [6.45, 7) is 4.17. The molecule has 1 atom stereocenters. The fraction of sp³-hybridized carbons (Fsp3) is 0.517. The molecule has 0 saturated heterocycles. The number of benzene rings is 2. The molecule has 1 unspecified atom stereocenters. The molecule has 172 valence electrons. The third-order valence-electron chi connectivity index (χ3n) is 7.78. The van der Waals surface area contributed by atoms with Gasteiger partial charge in [-0.3, -0.25) is 0 Å². The van der Waals surface area contributed by atoms with Gasteiger partial charge >= 0.3 is 0 Å². The third-order valence-corrected chi connectivity index (χ3v) is 7.78. The zero-order valence-electron chi connectivity index (χ0n) is 19.4. The smallest absolute Gasteiger partial charge is 0.166 e. The summed E-state index contributed by atoms with van der Waals surface area (Å²) < 4.78 is 43.7. The molecule has 2 aliphatic carbocycles. The van der Waals surface area contributed by atoms with Gasteiger partial charge in [0.15, 0.2) is 11.6 Å². The molecule has 1 fully saturated rings. The first kappa shape index (κ1) is 23.1. The standard InChI is InChI=1S/C29H35F3/c1-3-21-14-15-25(18-27(21)30)22-11-6-20(7-12-22)8-13-24-16-17-26(29(32)28(24)31)23-9-4-19(2)5-10-23/h9,14-20,22H,3-8,10-13H2,1-2H3. The largest absolute Gasteiger partial charge is 0.207 e. The van der Waals surface area contributed by atoms with E-state index in [4.69, 9.17) is 0 Å². The van der Waals surface area contributed by atoms with Crippen LogP contribution in [0.25, 0.3) is 5.57 Å². The Hall–Kier alpha value is -2.03. The number of allylic oxidation sites excluding steroid dienone is 2. The maximum absolute atomic E-state index is 14.8. The monoisotopic (exact) mass is 440 g/mol. The fourth-order valence-corrected chi connectivity index (χ4v) is 5.49.